The van der Waals surface area contributed by atoms with Gasteiger partial charge in [-0.15, -0.1) is 0 Å². The summed E-state index contributed by atoms with van der Waals surface area (Å²) in [5, 5.41) is 3.56. The van der Waals surface area contributed by atoms with Gasteiger partial charge in [0, 0.05) is 13.1 Å². The van der Waals surface area contributed by atoms with Crippen LogP contribution in [-0.2, 0) is 11.3 Å². The van der Waals surface area contributed by atoms with Gasteiger partial charge in [-0.1, -0.05) is 38.3 Å². The lowest BCUT2D eigenvalue weighted by Crippen LogP contribution is -2.33. The Bertz CT molecular complexity index is 433. The summed E-state index contributed by atoms with van der Waals surface area (Å²) >= 11 is 0. The maximum Gasteiger partial charge on any atom is 0.337 e. The second kappa shape index (κ2) is 6.89. The lowest BCUT2D eigenvalue weighted by atomic mass is 9.76. The molecule has 0 saturated heterocycles. The number of rotatable bonds is 5. The fraction of sp³-hybridized carbons (Fsp3) is 0.588. The predicted octanol–water partition coefficient (Wildman–Crippen LogP) is 3.53. The second-order valence-corrected chi connectivity index (χ2v) is 6.16. The number of nitrogens with one attached hydrogen (secondary N) is 1. The molecular weight excluding hydrogens is 250 g/mol. The van der Waals surface area contributed by atoms with Crippen molar-refractivity contribution in [3.8, 4) is 0 Å². The van der Waals surface area contributed by atoms with Gasteiger partial charge in [-0.05, 0) is 36.0 Å². The quantitative estimate of drug-likeness (QED) is 0.835. The molecule has 1 aliphatic carbocycles. The zero-order chi connectivity index (χ0) is 14.4. The first-order chi connectivity index (χ1) is 9.63. The molecule has 0 unspecified atom stereocenters. The van der Waals surface area contributed by atoms with Gasteiger partial charge in [0.15, 0.2) is 0 Å². The second-order valence-electron chi connectivity index (χ2n) is 6.16. The van der Waals surface area contributed by atoms with Crippen molar-refractivity contribution in [2.24, 2.45) is 5.41 Å². The Morgan fingerprint density at radius 1 is 1.20 bits per heavy atom. The number of carbonyl (C=O) groups is 1. The summed E-state index contributed by atoms with van der Waals surface area (Å²) in [5.41, 5.74) is 2.28. The van der Waals surface area contributed by atoms with E-state index in [0.29, 0.717) is 11.0 Å². The highest BCUT2D eigenvalue weighted by Gasteiger charge is 2.25. The largest absolute Gasteiger partial charge is 0.465 e. The topological polar surface area (TPSA) is 38.3 Å². The number of benzene rings is 1. The highest BCUT2D eigenvalue weighted by atomic mass is 16.5. The highest BCUT2D eigenvalue weighted by molar-refractivity contribution is 5.89. The number of hydrogen-bond donors (Lipinski definition) is 1. The van der Waals surface area contributed by atoms with Crippen molar-refractivity contribution in [1.82, 2.24) is 5.32 Å². The van der Waals surface area contributed by atoms with E-state index in [4.69, 9.17) is 4.74 Å². The first kappa shape index (κ1) is 15.0. The Balaban J connectivity index is 1.80. The summed E-state index contributed by atoms with van der Waals surface area (Å²) in [6, 6.07) is 7.63. The lowest BCUT2D eigenvalue weighted by Gasteiger charge is -2.33. The molecule has 1 fully saturated rings. The van der Waals surface area contributed by atoms with E-state index in [-0.39, 0.29) is 5.97 Å². The Hall–Kier alpha value is -1.35. The molecule has 0 amide bonds. The van der Waals surface area contributed by atoms with Crippen LogP contribution >= 0.6 is 0 Å². The molecule has 0 radical (unpaired) electrons. The molecule has 20 heavy (non-hydrogen) atoms. The molecule has 1 aliphatic rings. The van der Waals surface area contributed by atoms with E-state index in [9.17, 15) is 4.79 Å². The summed E-state index contributed by atoms with van der Waals surface area (Å²) in [7, 11) is 1.41. The van der Waals surface area contributed by atoms with Gasteiger partial charge in [0.05, 0.1) is 12.7 Å². The van der Waals surface area contributed by atoms with Crippen molar-refractivity contribution < 1.29 is 9.53 Å². The standard InChI is InChI=1S/C17H25NO2/c1-17(10-4-3-5-11-17)13-18-12-14-6-8-15(9-7-14)16(19)20-2/h6-9,18H,3-5,10-13H2,1-2H3. The zero-order valence-electron chi connectivity index (χ0n) is 12.6. The predicted molar refractivity (Wildman–Crippen MR) is 80.7 cm³/mol. The minimum Gasteiger partial charge on any atom is -0.465 e. The van der Waals surface area contributed by atoms with Crippen LogP contribution < -0.4 is 5.32 Å². The van der Waals surface area contributed by atoms with Crippen LogP contribution in [0.1, 0.15) is 54.9 Å². The minimum absolute atomic E-state index is 0.278. The molecule has 1 aromatic carbocycles. The van der Waals surface area contributed by atoms with Gasteiger partial charge in [-0.2, -0.15) is 0 Å². The Morgan fingerprint density at radius 3 is 2.45 bits per heavy atom. The molecule has 110 valence electrons. The monoisotopic (exact) mass is 275 g/mol. The molecule has 0 bridgehead atoms. The Morgan fingerprint density at radius 2 is 1.85 bits per heavy atom. The SMILES string of the molecule is COC(=O)c1ccc(CNCC2(C)CCCCC2)cc1. The van der Waals surface area contributed by atoms with Gasteiger partial charge < -0.3 is 10.1 Å². The van der Waals surface area contributed by atoms with Crippen LogP contribution in [0.2, 0.25) is 0 Å². The molecule has 1 saturated carbocycles. The zero-order valence-corrected chi connectivity index (χ0v) is 12.6. The van der Waals surface area contributed by atoms with E-state index < -0.39 is 0 Å². The van der Waals surface area contributed by atoms with Crippen molar-refractivity contribution in [3.05, 3.63) is 35.4 Å². The average molecular weight is 275 g/mol. The van der Waals surface area contributed by atoms with Crippen molar-refractivity contribution in [2.45, 2.75) is 45.6 Å². The molecule has 1 aromatic rings. The third-order valence-corrected chi connectivity index (χ3v) is 4.32. The van der Waals surface area contributed by atoms with Crippen molar-refractivity contribution >= 4 is 5.97 Å². The molecule has 3 nitrogen and oxygen atoms in total. The summed E-state index contributed by atoms with van der Waals surface area (Å²) in [6.45, 7) is 4.32. The van der Waals surface area contributed by atoms with E-state index in [1.165, 1.54) is 44.8 Å². The molecule has 2 rings (SSSR count). The normalized spacial score (nSPS) is 17.7. The van der Waals surface area contributed by atoms with Crippen LogP contribution in [0.5, 0.6) is 0 Å². The third-order valence-electron chi connectivity index (χ3n) is 4.32. The van der Waals surface area contributed by atoms with Crippen molar-refractivity contribution in [1.29, 1.82) is 0 Å². The number of hydrogen-bond acceptors (Lipinski definition) is 3. The number of esters is 1. The summed E-state index contributed by atoms with van der Waals surface area (Å²) in [5.74, 6) is -0.278. The van der Waals surface area contributed by atoms with Gasteiger partial charge in [-0.25, -0.2) is 4.79 Å². The summed E-state index contributed by atoms with van der Waals surface area (Å²) in [4.78, 5) is 11.3. The van der Waals surface area contributed by atoms with Crippen LogP contribution in [0.4, 0.5) is 0 Å². The van der Waals surface area contributed by atoms with Gasteiger partial charge in [0.25, 0.3) is 0 Å². The first-order valence-corrected chi connectivity index (χ1v) is 7.51. The van der Waals surface area contributed by atoms with Gasteiger partial charge in [-0.3, -0.25) is 0 Å². The van der Waals surface area contributed by atoms with Crippen LogP contribution in [-0.4, -0.2) is 19.6 Å². The molecular formula is C17H25NO2. The lowest BCUT2D eigenvalue weighted by molar-refractivity contribution is 0.0600. The average Bonchev–Trinajstić information content (AvgIpc) is 2.48. The highest BCUT2D eigenvalue weighted by Crippen LogP contribution is 2.34. The van der Waals surface area contributed by atoms with Crippen LogP contribution in [0.25, 0.3) is 0 Å². The Labute approximate surface area is 121 Å². The molecule has 3 heteroatoms. The van der Waals surface area contributed by atoms with E-state index in [1.807, 2.05) is 24.3 Å². The summed E-state index contributed by atoms with van der Waals surface area (Å²) in [6.07, 6.45) is 6.80. The smallest absolute Gasteiger partial charge is 0.337 e. The summed E-state index contributed by atoms with van der Waals surface area (Å²) < 4.78 is 4.70. The molecule has 0 aromatic heterocycles. The number of carbonyl (C=O) groups excluding carboxylic acids is 1. The Kier molecular flexibility index (Phi) is 5.18. The van der Waals surface area contributed by atoms with E-state index in [0.717, 1.165) is 13.1 Å². The van der Waals surface area contributed by atoms with Crippen LogP contribution in [0, 0.1) is 5.41 Å². The minimum atomic E-state index is -0.278. The maximum atomic E-state index is 11.3. The first-order valence-electron chi connectivity index (χ1n) is 7.51. The van der Waals surface area contributed by atoms with Crippen LogP contribution in [0.15, 0.2) is 24.3 Å². The van der Waals surface area contributed by atoms with Crippen molar-refractivity contribution in [3.63, 3.8) is 0 Å². The molecule has 1 N–H and O–H groups in total. The molecule has 0 aliphatic heterocycles. The van der Waals surface area contributed by atoms with Crippen LogP contribution in [0.3, 0.4) is 0 Å². The van der Waals surface area contributed by atoms with Gasteiger partial charge >= 0.3 is 5.97 Å². The van der Waals surface area contributed by atoms with Crippen molar-refractivity contribution in [2.75, 3.05) is 13.7 Å². The van der Waals surface area contributed by atoms with Gasteiger partial charge in [0.1, 0.15) is 0 Å². The van der Waals surface area contributed by atoms with E-state index >= 15 is 0 Å². The third kappa shape index (κ3) is 4.07. The van der Waals surface area contributed by atoms with E-state index in [2.05, 4.69) is 12.2 Å². The maximum absolute atomic E-state index is 11.3. The fourth-order valence-electron chi connectivity index (χ4n) is 2.97. The van der Waals surface area contributed by atoms with E-state index in [1.54, 1.807) is 0 Å². The molecule has 0 atom stereocenters. The van der Waals surface area contributed by atoms with Gasteiger partial charge in [0.2, 0.25) is 0 Å². The molecule has 0 heterocycles. The molecule has 0 spiro atoms. The fourth-order valence-corrected chi connectivity index (χ4v) is 2.97. The number of methoxy groups -OCH3 is 1. The number of ether oxygens (including phenoxy) is 1.